The molecule has 108 valence electrons. The molecule has 0 unspecified atom stereocenters. The van der Waals surface area contributed by atoms with Crippen LogP contribution < -0.4 is 5.32 Å². The highest BCUT2D eigenvalue weighted by Gasteiger charge is 2.32. The minimum Gasteiger partial charge on any atom is -0.481 e. The maximum absolute atomic E-state index is 12.2. The number of carboxylic acid groups (broad SMARTS) is 1. The van der Waals surface area contributed by atoms with Crippen molar-refractivity contribution in [2.45, 2.75) is 25.2 Å². The van der Waals surface area contributed by atoms with E-state index in [1.807, 2.05) is 0 Å². The summed E-state index contributed by atoms with van der Waals surface area (Å²) in [6, 6.07) is 6.75. The third-order valence-corrected chi connectivity index (χ3v) is 3.31. The van der Waals surface area contributed by atoms with E-state index in [9.17, 15) is 9.59 Å². The van der Waals surface area contributed by atoms with Gasteiger partial charge >= 0.3 is 5.97 Å². The normalized spacial score (nSPS) is 13.9. The largest absolute Gasteiger partial charge is 0.481 e. The summed E-state index contributed by atoms with van der Waals surface area (Å²) in [4.78, 5) is 27.0. The number of rotatable bonds is 5. The standard InChI is InChI=1S/C15H14N2O4/c18-12(19)7-9-2-1-3-11(6-9)17-15(20)14-13(10-4-5-10)16-8-21-14/h1-3,6,8,10H,4-5,7H2,(H,17,20)(H,18,19). The molecule has 1 aliphatic carbocycles. The van der Waals surface area contributed by atoms with Gasteiger partial charge in [0, 0.05) is 11.6 Å². The van der Waals surface area contributed by atoms with Crippen molar-refractivity contribution in [2.75, 3.05) is 5.32 Å². The van der Waals surface area contributed by atoms with Gasteiger partial charge in [0.1, 0.15) is 0 Å². The Morgan fingerprint density at radius 1 is 1.38 bits per heavy atom. The van der Waals surface area contributed by atoms with Crippen LogP contribution in [0, 0.1) is 0 Å². The summed E-state index contributed by atoms with van der Waals surface area (Å²) in [5.41, 5.74) is 1.87. The molecule has 1 saturated carbocycles. The molecule has 2 N–H and O–H groups in total. The fourth-order valence-electron chi connectivity index (χ4n) is 2.19. The van der Waals surface area contributed by atoms with E-state index in [4.69, 9.17) is 9.52 Å². The lowest BCUT2D eigenvalue weighted by molar-refractivity contribution is -0.136. The molecule has 6 heteroatoms. The molecular weight excluding hydrogens is 272 g/mol. The van der Waals surface area contributed by atoms with Crippen molar-refractivity contribution in [1.82, 2.24) is 4.98 Å². The fourth-order valence-corrected chi connectivity index (χ4v) is 2.19. The third-order valence-electron chi connectivity index (χ3n) is 3.31. The number of hydrogen-bond acceptors (Lipinski definition) is 4. The second-order valence-electron chi connectivity index (χ2n) is 5.07. The van der Waals surface area contributed by atoms with E-state index in [1.165, 1.54) is 6.39 Å². The van der Waals surface area contributed by atoms with Crippen molar-refractivity contribution in [3.63, 3.8) is 0 Å². The lowest BCUT2D eigenvalue weighted by Crippen LogP contribution is -2.13. The molecule has 2 aromatic rings. The molecular formula is C15H14N2O4. The van der Waals surface area contributed by atoms with Crippen LogP contribution in [0.25, 0.3) is 0 Å². The van der Waals surface area contributed by atoms with Crippen LogP contribution in [0.5, 0.6) is 0 Å². The summed E-state index contributed by atoms with van der Waals surface area (Å²) < 4.78 is 5.18. The molecule has 3 rings (SSSR count). The van der Waals surface area contributed by atoms with Gasteiger partial charge in [-0.25, -0.2) is 4.98 Å². The number of carbonyl (C=O) groups is 2. The number of nitrogens with zero attached hydrogens (tertiary/aromatic N) is 1. The van der Waals surface area contributed by atoms with E-state index >= 15 is 0 Å². The quantitative estimate of drug-likeness (QED) is 0.880. The summed E-state index contributed by atoms with van der Waals surface area (Å²) in [5, 5.41) is 11.5. The first-order valence-electron chi connectivity index (χ1n) is 6.69. The van der Waals surface area contributed by atoms with Crippen LogP contribution >= 0.6 is 0 Å². The highest BCUT2D eigenvalue weighted by molar-refractivity contribution is 6.03. The van der Waals surface area contributed by atoms with E-state index in [1.54, 1.807) is 24.3 Å². The summed E-state index contributed by atoms with van der Waals surface area (Å²) in [5.74, 6) is -0.712. The van der Waals surface area contributed by atoms with Gasteiger partial charge in [-0.3, -0.25) is 9.59 Å². The maximum Gasteiger partial charge on any atom is 0.307 e. The Balaban J connectivity index is 1.75. The van der Waals surface area contributed by atoms with Crippen molar-refractivity contribution in [1.29, 1.82) is 0 Å². The number of aliphatic carboxylic acids is 1. The first kappa shape index (κ1) is 13.4. The third kappa shape index (κ3) is 3.10. The average molecular weight is 286 g/mol. The fraction of sp³-hybridized carbons (Fsp3) is 0.267. The SMILES string of the molecule is O=C(O)Cc1cccc(NC(=O)c2ocnc2C2CC2)c1. The van der Waals surface area contributed by atoms with Crippen molar-refractivity contribution in [3.8, 4) is 0 Å². The van der Waals surface area contributed by atoms with Crippen molar-refractivity contribution >= 4 is 17.6 Å². The number of amides is 1. The molecule has 1 aliphatic rings. The van der Waals surface area contributed by atoms with Crippen LogP contribution in [0.2, 0.25) is 0 Å². The van der Waals surface area contributed by atoms with Gasteiger partial charge < -0.3 is 14.8 Å². The van der Waals surface area contributed by atoms with E-state index in [-0.39, 0.29) is 18.1 Å². The van der Waals surface area contributed by atoms with Crippen LogP contribution in [0.3, 0.4) is 0 Å². The molecule has 1 aromatic carbocycles. The van der Waals surface area contributed by atoms with Gasteiger partial charge in [0.25, 0.3) is 5.91 Å². The van der Waals surface area contributed by atoms with Crippen LogP contribution in [-0.2, 0) is 11.2 Å². The van der Waals surface area contributed by atoms with Gasteiger partial charge in [-0.05, 0) is 30.5 Å². The minimum absolute atomic E-state index is 0.0840. The molecule has 6 nitrogen and oxygen atoms in total. The summed E-state index contributed by atoms with van der Waals surface area (Å²) >= 11 is 0. The number of oxazole rings is 1. The smallest absolute Gasteiger partial charge is 0.307 e. The summed E-state index contributed by atoms with van der Waals surface area (Å²) in [6.07, 6.45) is 3.25. The van der Waals surface area contributed by atoms with Gasteiger partial charge in [0.2, 0.25) is 5.76 Å². The van der Waals surface area contributed by atoms with Crippen molar-refractivity contribution in [3.05, 3.63) is 47.7 Å². The van der Waals surface area contributed by atoms with Crippen LogP contribution in [0.15, 0.2) is 35.1 Å². The Morgan fingerprint density at radius 3 is 2.90 bits per heavy atom. The molecule has 1 aromatic heterocycles. The van der Waals surface area contributed by atoms with Gasteiger partial charge in [0.15, 0.2) is 6.39 Å². The van der Waals surface area contributed by atoms with Gasteiger partial charge in [0.05, 0.1) is 12.1 Å². The van der Waals surface area contributed by atoms with E-state index in [0.717, 1.165) is 12.8 Å². The van der Waals surface area contributed by atoms with Crippen molar-refractivity contribution < 1.29 is 19.1 Å². The molecule has 21 heavy (non-hydrogen) atoms. The molecule has 0 aliphatic heterocycles. The first-order chi connectivity index (χ1) is 10.1. The zero-order valence-corrected chi connectivity index (χ0v) is 11.2. The Labute approximate surface area is 120 Å². The van der Waals surface area contributed by atoms with Crippen molar-refractivity contribution in [2.24, 2.45) is 0 Å². The summed E-state index contributed by atoms with van der Waals surface area (Å²) in [7, 11) is 0. The highest BCUT2D eigenvalue weighted by atomic mass is 16.4. The molecule has 0 bridgehead atoms. The molecule has 0 spiro atoms. The first-order valence-corrected chi connectivity index (χ1v) is 6.69. The van der Waals surface area contributed by atoms with Gasteiger partial charge in [-0.15, -0.1) is 0 Å². The summed E-state index contributed by atoms with van der Waals surface area (Å²) in [6.45, 7) is 0. The number of benzene rings is 1. The number of anilines is 1. The average Bonchev–Trinajstić information content (AvgIpc) is 3.15. The van der Waals surface area contributed by atoms with Gasteiger partial charge in [-0.2, -0.15) is 0 Å². The Kier molecular flexibility index (Phi) is 3.43. The van der Waals surface area contributed by atoms with E-state index in [0.29, 0.717) is 22.9 Å². The molecule has 1 heterocycles. The molecule has 1 amide bonds. The Morgan fingerprint density at radius 2 is 2.19 bits per heavy atom. The number of carboxylic acids is 1. The second-order valence-corrected chi connectivity index (χ2v) is 5.07. The molecule has 1 fully saturated rings. The minimum atomic E-state index is -0.912. The van der Waals surface area contributed by atoms with Crippen LogP contribution in [0.4, 0.5) is 5.69 Å². The monoisotopic (exact) mass is 286 g/mol. The maximum atomic E-state index is 12.2. The highest BCUT2D eigenvalue weighted by Crippen LogP contribution is 2.40. The molecule has 0 radical (unpaired) electrons. The second kappa shape index (κ2) is 5.40. The van der Waals surface area contributed by atoms with E-state index < -0.39 is 5.97 Å². The lowest BCUT2D eigenvalue weighted by Gasteiger charge is -2.06. The predicted molar refractivity (Wildman–Crippen MR) is 74.2 cm³/mol. The number of hydrogen-bond donors (Lipinski definition) is 2. The number of carbonyl (C=O) groups excluding carboxylic acids is 1. The zero-order chi connectivity index (χ0) is 14.8. The van der Waals surface area contributed by atoms with Crippen LogP contribution in [0.1, 0.15) is 40.6 Å². The Hall–Kier alpha value is -2.63. The number of nitrogens with one attached hydrogen (secondary N) is 1. The molecule has 0 atom stereocenters. The number of aromatic nitrogens is 1. The molecule has 0 saturated heterocycles. The zero-order valence-electron chi connectivity index (χ0n) is 11.2. The van der Waals surface area contributed by atoms with Crippen LogP contribution in [-0.4, -0.2) is 22.0 Å². The topological polar surface area (TPSA) is 92.4 Å². The lowest BCUT2D eigenvalue weighted by atomic mass is 10.1. The predicted octanol–water partition coefficient (Wildman–Crippen LogP) is 2.43. The van der Waals surface area contributed by atoms with Gasteiger partial charge in [-0.1, -0.05) is 12.1 Å². The van der Waals surface area contributed by atoms with E-state index in [2.05, 4.69) is 10.3 Å². The Bertz CT molecular complexity index is 688.